The summed E-state index contributed by atoms with van der Waals surface area (Å²) in [6, 6.07) is 0. The van der Waals surface area contributed by atoms with Crippen LogP contribution in [0.3, 0.4) is 0 Å². The van der Waals surface area contributed by atoms with Crippen molar-refractivity contribution in [3.8, 4) is 0 Å². The minimum Gasteiger partial charge on any atom is -0.310 e. The van der Waals surface area contributed by atoms with Gasteiger partial charge in [-0.05, 0) is 0 Å². The Morgan fingerprint density at radius 2 is 2.59 bits per heavy atom. The van der Waals surface area contributed by atoms with Crippen molar-refractivity contribution in [2.75, 3.05) is 12.3 Å². The Bertz CT molecular complexity index is 392. The highest BCUT2D eigenvalue weighted by Gasteiger charge is 2.12. The van der Waals surface area contributed by atoms with Crippen molar-refractivity contribution >= 4 is 24.0 Å². The predicted molar refractivity (Wildman–Crippen MR) is 65.4 cm³/mol. The summed E-state index contributed by atoms with van der Waals surface area (Å²) in [6.45, 7) is 0.962. The lowest BCUT2D eigenvalue weighted by Gasteiger charge is -2.07. The summed E-state index contributed by atoms with van der Waals surface area (Å²) in [7, 11) is 0. The second-order valence-electron chi connectivity index (χ2n) is 3.16. The highest BCUT2D eigenvalue weighted by Crippen LogP contribution is 2.09. The average Bonchev–Trinajstić information content (AvgIpc) is 2.88. The number of nitrogens with one attached hydrogen (secondary N) is 3. The summed E-state index contributed by atoms with van der Waals surface area (Å²) in [5, 5.41) is 9.55. The molecule has 1 aromatic heterocycles. The van der Waals surface area contributed by atoms with E-state index in [0.29, 0.717) is 0 Å². The first-order chi connectivity index (χ1) is 8.36. The van der Waals surface area contributed by atoms with Gasteiger partial charge in [0.1, 0.15) is 17.5 Å². The highest BCUT2D eigenvalue weighted by atomic mass is 32.2. The number of carbonyl (C=O) groups is 1. The highest BCUT2D eigenvalue weighted by molar-refractivity contribution is 8.00. The second kappa shape index (κ2) is 6.16. The molecule has 1 atom stereocenters. The van der Waals surface area contributed by atoms with Crippen molar-refractivity contribution in [3.63, 3.8) is 0 Å². The molecule has 1 aliphatic heterocycles. The minimum absolute atomic E-state index is 0.111. The van der Waals surface area contributed by atoms with Gasteiger partial charge in [-0.15, -0.1) is 11.8 Å². The number of thioether (sulfide) groups is 1. The van der Waals surface area contributed by atoms with Gasteiger partial charge in [0.2, 0.25) is 0 Å². The zero-order valence-electron chi connectivity index (χ0n) is 8.96. The van der Waals surface area contributed by atoms with Crippen molar-refractivity contribution in [3.05, 3.63) is 24.3 Å². The fraction of sp³-hybridized carbons (Fsp3) is 0.333. The zero-order valence-corrected chi connectivity index (χ0v) is 9.78. The van der Waals surface area contributed by atoms with Crippen LogP contribution in [0.25, 0.3) is 0 Å². The van der Waals surface area contributed by atoms with Crippen LogP contribution in [0.5, 0.6) is 0 Å². The molecule has 17 heavy (non-hydrogen) atoms. The molecule has 2 rings (SSSR count). The van der Waals surface area contributed by atoms with Gasteiger partial charge < -0.3 is 5.32 Å². The molecule has 90 valence electrons. The van der Waals surface area contributed by atoms with Gasteiger partial charge in [0, 0.05) is 24.7 Å². The molecular weight excluding hydrogens is 240 g/mol. The summed E-state index contributed by atoms with van der Waals surface area (Å²) >= 11 is 1.73. The third-order valence-electron chi connectivity index (χ3n) is 1.96. The number of nitrogens with zero attached hydrogens (tertiary/aromatic N) is 3. The van der Waals surface area contributed by atoms with E-state index in [2.05, 4.69) is 31.1 Å². The van der Waals surface area contributed by atoms with Gasteiger partial charge in [-0.3, -0.25) is 20.5 Å². The Labute approximate surface area is 102 Å². The molecule has 2 heterocycles. The van der Waals surface area contributed by atoms with Crippen LogP contribution < -0.4 is 16.1 Å². The van der Waals surface area contributed by atoms with E-state index in [1.807, 2.05) is 0 Å². The molecule has 1 aliphatic rings. The van der Waals surface area contributed by atoms with E-state index in [4.69, 9.17) is 0 Å². The van der Waals surface area contributed by atoms with Crippen LogP contribution in [0.4, 0.5) is 0 Å². The molecule has 0 aromatic carbocycles. The van der Waals surface area contributed by atoms with Crippen LogP contribution in [-0.4, -0.2) is 40.0 Å². The second-order valence-corrected chi connectivity index (χ2v) is 4.37. The summed E-state index contributed by atoms with van der Waals surface area (Å²) in [5.74, 6) is 0.717. The van der Waals surface area contributed by atoms with Crippen LogP contribution in [-0.2, 0) is 0 Å². The minimum atomic E-state index is -0.337. The standard InChI is InChI=1S/C9H12N6OS/c16-8(7-5-10-1-2-11-7)13-6-14-15-9-12-3-4-17-9/h1-2,5-6,9,12,15H,3-4H2,(H,13,14,16). The molecule has 1 aromatic rings. The molecule has 0 bridgehead atoms. The lowest BCUT2D eigenvalue weighted by Crippen LogP contribution is -2.33. The van der Waals surface area contributed by atoms with Crippen molar-refractivity contribution in [1.82, 2.24) is 26.0 Å². The SMILES string of the molecule is O=C(NC=NNC1NCCS1)c1cnccn1. The zero-order chi connectivity index (χ0) is 11.9. The normalized spacial score (nSPS) is 19.4. The van der Waals surface area contributed by atoms with E-state index in [-0.39, 0.29) is 17.1 Å². The summed E-state index contributed by atoms with van der Waals surface area (Å²) in [4.78, 5) is 19.1. The molecule has 1 amide bonds. The van der Waals surface area contributed by atoms with E-state index in [0.717, 1.165) is 12.3 Å². The topological polar surface area (TPSA) is 91.3 Å². The molecule has 0 saturated carbocycles. The Morgan fingerprint density at radius 1 is 1.65 bits per heavy atom. The van der Waals surface area contributed by atoms with E-state index < -0.39 is 0 Å². The van der Waals surface area contributed by atoms with Gasteiger partial charge in [-0.25, -0.2) is 4.98 Å². The summed E-state index contributed by atoms with van der Waals surface area (Å²) in [6.07, 6.45) is 5.67. The monoisotopic (exact) mass is 252 g/mol. The maximum atomic E-state index is 11.5. The number of hydrogen-bond acceptors (Lipinski definition) is 7. The summed E-state index contributed by atoms with van der Waals surface area (Å²) in [5.41, 5.74) is 3.23. The van der Waals surface area contributed by atoms with E-state index in [1.54, 1.807) is 11.8 Å². The maximum absolute atomic E-state index is 11.5. The Morgan fingerprint density at radius 3 is 3.29 bits per heavy atom. The summed E-state index contributed by atoms with van der Waals surface area (Å²) < 4.78 is 0. The molecule has 0 spiro atoms. The molecule has 1 fully saturated rings. The molecule has 7 nitrogen and oxygen atoms in total. The number of hydrogen-bond donors (Lipinski definition) is 3. The molecular formula is C9H12N6OS. The number of carbonyl (C=O) groups excluding carboxylic acids is 1. The number of rotatable bonds is 4. The first-order valence-corrected chi connectivity index (χ1v) is 6.10. The molecule has 0 radical (unpaired) electrons. The average molecular weight is 252 g/mol. The first-order valence-electron chi connectivity index (χ1n) is 5.05. The Hall–Kier alpha value is -1.67. The van der Waals surface area contributed by atoms with Crippen molar-refractivity contribution in [2.24, 2.45) is 5.10 Å². The number of aromatic nitrogens is 2. The van der Waals surface area contributed by atoms with Gasteiger partial charge in [0.15, 0.2) is 0 Å². The fourth-order valence-corrected chi connectivity index (χ4v) is 2.04. The first kappa shape index (κ1) is 11.8. The van der Waals surface area contributed by atoms with Crippen LogP contribution in [0.1, 0.15) is 10.5 Å². The van der Waals surface area contributed by atoms with Crippen molar-refractivity contribution in [1.29, 1.82) is 0 Å². The molecule has 3 N–H and O–H groups in total. The molecule has 1 saturated heterocycles. The number of amides is 1. The van der Waals surface area contributed by atoms with Crippen molar-refractivity contribution < 1.29 is 4.79 Å². The number of hydrazone groups is 1. The van der Waals surface area contributed by atoms with Crippen LogP contribution in [0.15, 0.2) is 23.7 Å². The van der Waals surface area contributed by atoms with Gasteiger partial charge in [-0.2, -0.15) is 5.10 Å². The Balaban J connectivity index is 1.74. The third kappa shape index (κ3) is 3.68. The van der Waals surface area contributed by atoms with Crippen LogP contribution in [0, 0.1) is 0 Å². The quantitative estimate of drug-likeness (QED) is 0.375. The lowest BCUT2D eigenvalue weighted by molar-refractivity contribution is 0.0973. The van der Waals surface area contributed by atoms with Gasteiger partial charge in [-0.1, -0.05) is 0 Å². The lowest BCUT2D eigenvalue weighted by atomic mass is 10.4. The van der Waals surface area contributed by atoms with Crippen molar-refractivity contribution in [2.45, 2.75) is 5.50 Å². The molecule has 1 unspecified atom stereocenters. The van der Waals surface area contributed by atoms with Crippen LogP contribution >= 0.6 is 11.8 Å². The molecule has 8 heteroatoms. The third-order valence-corrected chi connectivity index (χ3v) is 3.01. The van der Waals surface area contributed by atoms with Gasteiger partial charge in [0.25, 0.3) is 5.91 Å². The Kier molecular flexibility index (Phi) is 4.28. The van der Waals surface area contributed by atoms with E-state index in [9.17, 15) is 4.79 Å². The predicted octanol–water partition coefficient (Wildman–Crippen LogP) is -0.641. The van der Waals surface area contributed by atoms with Gasteiger partial charge in [0.05, 0.1) is 6.20 Å². The van der Waals surface area contributed by atoms with Crippen LogP contribution in [0.2, 0.25) is 0 Å². The molecule has 0 aliphatic carbocycles. The van der Waals surface area contributed by atoms with Gasteiger partial charge >= 0.3 is 0 Å². The maximum Gasteiger partial charge on any atom is 0.276 e. The van der Waals surface area contributed by atoms with E-state index in [1.165, 1.54) is 24.9 Å². The smallest absolute Gasteiger partial charge is 0.276 e. The van der Waals surface area contributed by atoms with E-state index >= 15 is 0 Å². The fourth-order valence-electron chi connectivity index (χ4n) is 1.19. The largest absolute Gasteiger partial charge is 0.310 e.